The van der Waals surface area contributed by atoms with E-state index in [1.54, 1.807) is 173 Å². The fraction of sp³-hybridized carbons (Fsp3) is 0.141. The minimum Gasteiger partial charge on any atom is -1.00 e. The molecule has 36 heteroatoms. The number of nitrogens with one attached hydrogen (secondary N) is 2. The van der Waals surface area contributed by atoms with Gasteiger partial charge in [0.2, 0.25) is 5.91 Å². The number of ether oxygens (including phenoxy) is 10. The molecule has 0 fully saturated rings. The van der Waals surface area contributed by atoms with Crippen LogP contribution in [0.2, 0.25) is 20.6 Å². The van der Waals surface area contributed by atoms with Gasteiger partial charge in [0, 0.05) is 97.8 Å². The molecule has 0 spiro atoms. The molecule has 1 amide bonds. The number of carbonyl (C=O) groups is 3. The van der Waals surface area contributed by atoms with E-state index in [0.29, 0.717) is 72.6 Å². The van der Waals surface area contributed by atoms with E-state index in [4.69, 9.17) is 114 Å². The second-order valence-electron chi connectivity index (χ2n) is 23.1. The van der Waals surface area contributed by atoms with Crippen molar-refractivity contribution in [2.45, 2.75) is 13.8 Å². The number of carbonyl (C=O) groups excluding carboxylic acids is 2. The maximum atomic E-state index is 11.4. The van der Waals surface area contributed by atoms with Crippen LogP contribution in [0.3, 0.4) is 0 Å². The van der Waals surface area contributed by atoms with Gasteiger partial charge in [-0.3, -0.25) is 19.2 Å². The number of hydrogen-bond acceptors (Lipinski definition) is 22. The smallest absolute Gasteiger partial charge is 1.00 e. The van der Waals surface area contributed by atoms with Crippen LogP contribution in [0.1, 0.15) is 26.4 Å². The van der Waals surface area contributed by atoms with Crippen LogP contribution < -0.4 is 167 Å². The van der Waals surface area contributed by atoms with E-state index in [0.717, 1.165) is 109 Å². The first-order chi connectivity index (χ1) is 57.4. The molecule has 6 heterocycles. The van der Waals surface area contributed by atoms with Crippen molar-refractivity contribution in [3.63, 3.8) is 0 Å². The van der Waals surface area contributed by atoms with Crippen LogP contribution in [-0.2, 0) is 19.3 Å². The van der Waals surface area contributed by atoms with Gasteiger partial charge in [0.05, 0.1) is 88.7 Å². The van der Waals surface area contributed by atoms with Crippen LogP contribution >= 0.6 is 78.3 Å². The first-order valence-corrected chi connectivity index (χ1v) is 37.8. The Morgan fingerprint density at radius 3 is 1.26 bits per heavy atom. The first kappa shape index (κ1) is 104. The van der Waals surface area contributed by atoms with Crippen molar-refractivity contribution >= 4 is 173 Å². The van der Waals surface area contributed by atoms with Crippen LogP contribution in [0.5, 0.6) is 63.2 Å². The largest absolute Gasteiger partial charge is 1.00 e. The number of benzene rings is 8. The fourth-order valence-electron chi connectivity index (χ4n) is 10.2. The summed E-state index contributed by atoms with van der Waals surface area (Å²) in [5.74, 6) is 5.91. The molecular formula is C85H77Br2Cl4K2N9O19. The van der Waals surface area contributed by atoms with Crippen LogP contribution in [0.4, 0.5) is 0 Å². The maximum Gasteiger partial charge on any atom is 1.00 e. The van der Waals surface area contributed by atoms with Gasteiger partial charge in [-0.25, -0.2) is 24.7 Å². The van der Waals surface area contributed by atoms with E-state index < -0.39 is 11.9 Å². The number of carboxylic acids is 1. The Morgan fingerprint density at radius 1 is 0.479 bits per heavy atom. The number of methoxy groups -OCH3 is 8. The van der Waals surface area contributed by atoms with E-state index in [2.05, 4.69) is 76.7 Å². The van der Waals surface area contributed by atoms with Crippen LogP contribution in [0.25, 0.3) is 87.2 Å². The number of fused-ring (bicyclic) bond motifs is 6. The molecule has 0 saturated carbocycles. The molecule has 0 saturated heterocycles. The Morgan fingerprint density at radius 2 is 0.835 bits per heavy atom. The number of hydrogen-bond donors (Lipinski definition) is 4. The molecule has 6 aromatic heterocycles. The van der Waals surface area contributed by atoms with Crippen molar-refractivity contribution < 1.29 is 186 Å². The number of amides is 1. The normalized spacial score (nSPS) is 9.96. The summed E-state index contributed by atoms with van der Waals surface area (Å²) in [6.45, 7) is 4.87. The summed E-state index contributed by atoms with van der Waals surface area (Å²) < 4.78 is 53.4. The number of aromatic hydroxyl groups is 1. The number of H-pyrrole nitrogens is 2. The Bertz CT molecular complexity index is 5860. The molecule has 0 atom stereocenters. The Hall–Kier alpha value is -9.63. The molecule has 0 radical (unpaired) electrons. The van der Waals surface area contributed by atoms with E-state index in [-0.39, 0.29) is 128 Å². The second-order valence-corrected chi connectivity index (χ2v) is 26.2. The summed E-state index contributed by atoms with van der Waals surface area (Å²) in [4.78, 5) is 78.7. The van der Waals surface area contributed by atoms with Gasteiger partial charge in [0.15, 0.2) is 0 Å². The van der Waals surface area contributed by atoms with Crippen molar-refractivity contribution in [3.8, 4) is 63.2 Å². The third-order valence-corrected chi connectivity index (χ3v) is 18.4. The molecule has 0 aliphatic rings. The number of carboxylic acid groups (broad SMARTS) is 1. The molecule has 620 valence electrons. The van der Waals surface area contributed by atoms with Crippen molar-refractivity contribution in [2.75, 3.05) is 70.1 Å². The number of halogens is 6. The molecule has 4 N–H and O–H groups in total. The number of pyridine rings is 6. The molecule has 28 nitrogen and oxygen atoms in total. The fourth-order valence-corrected chi connectivity index (χ4v) is 12.0. The van der Waals surface area contributed by atoms with E-state index in [1.165, 1.54) is 18.3 Å². The van der Waals surface area contributed by atoms with Crippen LogP contribution in [-0.4, -0.2) is 129 Å². The SMILES string of the molecule is CCOc1cnc(Cl)c2ccc(OC)cc12.CCOc1cnc(Cl)c2ccc(OC)cc12.COc1ccc2c(=O)[nH]cc(Br)c2c1.COc1ccc2c(=O)[nH]ccc2c1.COc1ccc2c(Cl)ncc(Br)c2c1.COc1ccc2c(Cl)ncc(O)c2c1.COc1cccc(/C=C/C(=O)N=[N+]=[N-])c1.COc1cccc(/C=C/C(=O)O)c1.O=CO[O-].[H-].[K+].[K+]. The molecule has 8 aromatic carbocycles. The summed E-state index contributed by atoms with van der Waals surface area (Å²) in [6.07, 6.45) is 14.9. The monoisotopic (exact) mass is 1900 g/mol. The quantitative estimate of drug-likeness (QED) is 0.00757. The zero-order valence-electron chi connectivity index (χ0n) is 68.1. The van der Waals surface area contributed by atoms with Gasteiger partial charge in [-0.05, 0) is 225 Å². The Balaban J connectivity index is 0.000000357. The number of aromatic nitrogens is 6. The Kier molecular flexibility index (Phi) is 47.5. The van der Waals surface area contributed by atoms with Gasteiger partial charge in [0.25, 0.3) is 17.6 Å². The molecule has 0 bridgehead atoms. The van der Waals surface area contributed by atoms with Crippen LogP contribution in [0, 0.1) is 0 Å². The minimum absolute atomic E-state index is 0. The topological polar surface area (TPSA) is 382 Å². The third-order valence-electron chi connectivity index (χ3n) is 15.9. The molecule has 14 aromatic rings. The number of aromatic amines is 2. The zero-order chi connectivity index (χ0) is 86.9. The summed E-state index contributed by atoms with van der Waals surface area (Å²) in [5, 5.41) is 41.0. The van der Waals surface area contributed by atoms with Crippen molar-refractivity contribution in [1.29, 1.82) is 0 Å². The summed E-state index contributed by atoms with van der Waals surface area (Å²) in [5.41, 5.74) is 9.45. The number of nitrogens with zero attached hydrogens (tertiary/aromatic N) is 7. The van der Waals surface area contributed by atoms with Gasteiger partial charge in [0.1, 0.15) is 83.9 Å². The van der Waals surface area contributed by atoms with E-state index in [1.807, 2.05) is 98.8 Å². The Labute approximate surface area is 817 Å². The number of azide groups is 1. The second kappa shape index (κ2) is 55.4. The predicted octanol–water partition coefficient (Wildman–Crippen LogP) is 13.6. The summed E-state index contributed by atoms with van der Waals surface area (Å²) in [6, 6.07) is 49.1. The number of rotatable bonds is 17. The van der Waals surface area contributed by atoms with Gasteiger partial charge >= 0.3 is 109 Å². The maximum absolute atomic E-state index is 11.4. The third kappa shape index (κ3) is 32.6. The average molecular weight is 1910 g/mol. The molecule has 0 unspecified atom stereocenters. The van der Waals surface area contributed by atoms with Crippen molar-refractivity contribution in [3.05, 3.63) is 285 Å². The zero-order valence-corrected chi connectivity index (χ0v) is 79.5. The minimum atomic E-state index is -0.956. The first-order valence-electron chi connectivity index (χ1n) is 34.7. The molecule has 121 heavy (non-hydrogen) atoms. The van der Waals surface area contributed by atoms with Gasteiger partial charge in [-0.15, -0.1) is 0 Å². The van der Waals surface area contributed by atoms with Gasteiger partial charge in [-0.1, -0.05) is 76.7 Å². The van der Waals surface area contributed by atoms with Crippen molar-refractivity contribution in [1.82, 2.24) is 29.9 Å². The molecular weight excluding hydrogens is 1830 g/mol. The number of aliphatic carboxylic acids is 1. The molecule has 0 aliphatic carbocycles. The van der Waals surface area contributed by atoms with E-state index >= 15 is 0 Å². The van der Waals surface area contributed by atoms with Crippen LogP contribution in [0.15, 0.2) is 237 Å². The predicted molar refractivity (Wildman–Crippen MR) is 469 cm³/mol. The summed E-state index contributed by atoms with van der Waals surface area (Å²) >= 11 is 30.6. The van der Waals surface area contributed by atoms with Gasteiger partial charge < -0.3 is 79.1 Å². The molecule has 0 aliphatic heterocycles. The van der Waals surface area contributed by atoms with E-state index in [9.17, 15) is 24.3 Å². The average Bonchev–Trinajstić information content (AvgIpc) is 0.825. The standard InChI is InChI=1S/2C12H12ClNO2.C10H7BrClNO.C10H8BrNO2.C10H8ClNO2.C10H9N3O2.C10H9NO2.C10H10O3.CH2O3.2K.H/c2*1-3-16-11-7-14-12(13)9-5-4-8(15-2)6-10(9)11;1-14-6-2-3-7-8(4-6)9(11)5-13-10(7)12;1-14-6-2-3-7-8(4-6)9(11)5-12-10(7)13;1-14-6-2-3-7-8(4-6)9(13)5-12-10(7)11;1-15-9-4-2-3-8(7-9)5-6-10(14)12-13-11;1-13-8-2-3-9-7(6-8)4-5-11-10(9)12;1-13-9-4-2-3-8(7-9)5-6-10(11)12;2-1-4-3;;;/h2*4-7H,3H2,1-2H3;2-5H,1H3;2-5H,1H3,(H,12,13);2-5,13H,1H3;2-7H,1H3;2-6H,1H3,(H,11,12);2-7H,1H3,(H,11,12);1,3H;;;/q;;;;;;;;;2*+1;-1/p-1/b;;;;;6-5+;;6-5+;;;;. The molecule has 14 rings (SSSR count). The summed E-state index contributed by atoms with van der Waals surface area (Å²) in [7, 11) is 12.8. The van der Waals surface area contributed by atoms with Gasteiger partial charge in [-0.2, -0.15) is 0 Å². The van der Waals surface area contributed by atoms with Crippen molar-refractivity contribution in [2.24, 2.45) is 5.11 Å².